The van der Waals surface area contributed by atoms with E-state index in [0.29, 0.717) is 10.0 Å². The predicted molar refractivity (Wildman–Crippen MR) is 115 cm³/mol. The number of thiophene rings is 1. The fourth-order valence-corrected chi connectivity index (χ4v) is 5.18. The van der Waals surface area contributed by atoms with Crippen molar-refractivity contribution in [2.75, 3.05) is 6.26 Å². The lowest BCUT2D eigenvalue weighted by Gasteiger charge is -2.08. The van der Waals surface area contributed by atoms with Gasteiger partial charge in [-0.3, -0.25) is 0 Å². The van der Waals surface area contributed by atoms with E-state index in [9.17, 15) is 8.42 Å². The van der Waals surface area contributed by atoms with Gasteiger partial charge in [-0.05, 0) is 42.0 Å². The molecule has 0 N–H and O–H groups in total. The van der Waals surface area contributed by atoms with Crippen LogP contribution in [0.4, 0.5) is 0 Å². The highest BCUT2D eigenvalue weighted by atomic mass is 35.5. The van der Waals surface area contributed by atoms with Gasteiger partial charge in [0.15, 0.2) is 9.84 Å². The molecular formula is C20H14Cl2N2O2S2. The molecular weight excluding hydrogens is 435 g/mol. The van der Waals surface area contributed by atoms with Crippen LogP contribution < -0.4 is 0 Å². The van der Waals surface area contributed by atoms with Crippen LogP contribution in [0, 0.1) is 0 Å². The number of hydrogen-bond acceptors (Lipinski definition) is 4. The largest absolute Gasteiger partial charge is 0.231 e. The van der Waals surface area contributed by atoms with Crippen molar-refractivity contribution in [3.63, 3.8) is 0 Å². The van der Waals surface area contributed by atoms with Crippen LogP contribution in [0.25, 0.3) is 26.7 Å². The van der Waals surface area contributed by atoms with Gasteiger partial charge in [-0.2, -0.15) is 5.10 Å². The van der Waals surface area contributed by atoms with Gasteiger partial charge < -0.3 is 0 Å². The molecule has 8 heteroatoms. The molecule has 0 atom stereocenters. The van der Waals surface area contributed by atoms with Gasteiger partial charge in [0.2, 0.25) is 0 Å². The summed E-state index contributed by atoms with van der Waals surface area (Å²) >= 11 is 14.3. The van der Waals surface area contributed by atoms with Crippen LogP contribution in [0.2, 0.25) is 10.0 Å². The van der Waals surface area contributed by atoms with Crippen LogP contribution in [0.1, 0.15) is 0 Å². The summed E-state index contributed by atoms with van der Waals surface area (Å²) in [5.41, 5.74) is 2.37. The lowest BCUT2D eigenvalue weighted by molar-refractivity contribution is 0.602. The molecule has 28 heavy (non-hydrogen) atoms. The summed E-state index contributed by atoms with van der Waals surface area (Å²) in [6.45, 7) is 0. The predicted octanol–water partition coefficient (Wildman–Crippen LogP) is 5.98. The first-order valence-electron chi connectivity index (χ1n) is 8.24. The first-order chi connectivity index (χ1) is 13.3. The first-order valence-corrected chi connectivity index (χ1v) is 11.7. The van der Waals surface area contributed by atoms with Gasteiger partial charge in [-0.1, -0.05) is 47.5 Å². The van der Waals surface area contributed by atoms with Crippen LogP contribution in [-0.2, 0) is 9.84 Å². The van der Waals surface area contributed by atoms with E-state index in [-0.39, 0.29) is 4.90 Å². The van der Waals surface area contributed by atoms with Gasteiger partial charge in [0.05, 0.1) is 37.4 Å². The van der Waals surface area contributed by atoms with Gasteiger partial charge in [-0.15, -0.1) is 11.3 Å². The summed E-state index contributed by atoms with van der Waals surface area (Å²) in [5.74, 6) is 0. The Labute approximate surface area is 176 Å². The third-order valence-electron chi connectivity index (χ3n) is 4.19. The number of aromatic nitrogens is 2. The van der Waals surface area contributed by atoms with Crippen molar-refractivity contribution in [2.24, 2.45) is 0 Å². The average Bonchev–Trinajstić information content (AvgIpc) is 3.28. The highest BCUT2D eigenvalue weighted by molar-refractivity contribution is 7.90. The Morgan fingerprint density at radius 2 is 1.75 bits per heavy atom. The molecule has 4 nitrogen and oxygen atoms in total. The maximum Gasteiger partial charge on any atom is 0.175 e. The van der Waals surface area contributed by atoms with Gasteiger partial charge in [0.1, 0.15) is 0 Å². The van der Waals surface area contributed by atoms with Crippen LogP contribution in [0.5, 0.6) is 0 Å². The summed E-state index contributed by atoms with van der Waals surface area (Å²) in [4.78, 5) is 1.98. The van der Waals surface area contributed by atoms with Crippen molar-refractivity contribution >= 4 is 44.4 Å². The van der Waals surface area contributed by atoms with Crippen molar-refractivity contribution in [1.82, 2.24) is 9.78 Å². The fourth-order valence-electron chi connectivity index (χ4n) is 2.86. The summed E-state index contributed by atoms with van der Waals surface area (Å²) in [5, 5.41) is 5.55. The quantitative estimate of drug-likeness (QED) is 0.385. The van der Waals surface area contributed by atoms with Crippen molar-refractivity contribution in [3.05, 3.63) is 76.9 Å². The molecule has 142 valence electrons. The monoisotopic (exact) mass is 448 g/mol. The van der Waals surface area contributed by atoms with E-state index in [1.165, 1.54) is 17.6 Å². The lowest BCUT2D eigenvalue weighted by Crippen LogP contribution is -1.98. The Morgan fingerprint density at radius 3 is 2.50 bits per heavy atom. The summed E-state index contributed by atoms with van der Waals surface area (Å²) < 4.78 is 25.5. The molecule has 0 aliphatic carbocycles. The second-order valence-corrected chi connectivity index (χ2v) is 10.0. The van der Waals surface area contributed by atoms with Crippen LogP contribution in [0.3, 0.4) is 0 Å². The number of sulfone groups is 1. The smallest absolute Gasteiger partial charge is 0.175 e. The SMILES string of the molecule is CS(=O)(=O)c1cccc(-c2cc(Cl)c(-c3ccnn3-c3ccccc3Cl)s2)c1. The number of nitrogens with zero attached hydrogens (tertiary/aromatic N) is 2. The Bertz CT molecular complexity index is 1280. The van der Waals surface area contributed by atoms with Gasteiger partial charge in [-0.25, -0.2) is 13.1 Å². The van der Waals surface area contributed by atoms with E-state index in [0.717, 1.165) is 26.7 Å². The fraction of sp³-hybridized carbons (Fsp3) is 0.0500. The lowest BCUT2D eigenvalue weighted by atomic mass is 10.2. The molecule has 0 radical (unpaired) electrons. The molecule has 4 rings (SSSR count). The number of rotatable bonds is 4. The molecule has 2 aromatic heterocycles. The molecule has 0 aliphatic rings. The second kappa shape index (κ2) is 7.37. The summed E-state index contributed by atoms with van der Waals surface area (Å²) in [6, 6.07) is 18.0. The van der Waals surface area contributed by atoms with E-state index < -0.39 is 9.84 Å². The average molecular weight is 449 g/mol. The molecule has 0 spiro atoms. The third-order valence-corrected chi connectivity index (χ3v) is 7.24. The van der Waals surface area contributed by atoms with Crippen molar-refractivity contribution < 1.29 is 8.42 Å². The molecule has 0 bridgehead atoms. The van der Waals surface area contributed by atoms with E-state index in [1.54, 1.807) is 35.1 Å². The molecule has 4 aromatic rings. The van der Waals surface area contributed by atoms with Crippen molar-refractivity contribution in [3.8, 4) is 26.7 Å². The zero-order valence-electron chi connectivity index (χ0n) is 14.6. The Balaban J connectivity index is 1.81. The van der Waals surface area contributed by atoms with Crippen molar-refractivity contribution in [2.45, 2.75) is 4.90 Å². The van der Waals surface area contributed by atoms with Crippen LogP contribution >= 0.6 is 34.5 Å². The first kappa shape index (κ1) is 19.2. The number of benzene rings is 2. The highest BCUT2D eigenvalue weighted by Crippen LogP contribution is 2.42. The molecule has 0 saturated carbocycles. The van der Waals surface area contributed by atoms with E-state index >= 15 is 0 Å². The second-order valence-electron chi connectivity index (χ2n) is 6.17. The Hall–Kier alpha value is -2.12. The zero-order chi connectivity index (χ0) is 19.9. The van der Waals surface area contributed by atoms with Gasteiger partial charge >= 0.3 is 0 Å². The summed E-state index contributed by atoms with van der Waals surface area (Å²) in [7, 11) is -3.28. The minimum absolute atomic E-state index is 0.275. The number of halogens is 2. The normalized spacial score (nSPS) is 11.7. The zero-order valence-corrected chi connectivity index (χ0v) is 17.8. The summed E-state index contributed by atoms with van der Waals surface area (Å²) in [6.07, 6.45) is 2.89. The minimum Gasteiger partial charge on any atom is -0.231 e. The molecule has 2 aromatic carbocycles. The molecule has 0 aliphatic heterocycles. The third kappa shape index (κ3) is 3.61. The number of hydrogen-bond donors (Lipinski definition) is 0. The van der Waals surface area contributed by atoms with Gasteiger partial charge in [0.25, 0.3) is 0 Å². The van der Waals surface area contributed by atoms with E-state index in [2.05, 4.69) is 5.10 Å². The Kier molecular flexibility index (Phi) is 5.05. The maximum atomic E-state index is 11.9. The van der Waals surface area contributed by atoms with E-state index in [4.69, 9.17) is 23.2 Å². The minimum atomic E-state index is -3.28. The standard InChI is InChI=1S/C20H14Cl2N2O2S2/c1-28(25,26)14-6-4-5-13(11-14)19-12-16(22)20(27-19)18-9-10-23-24(18)17-8-3-2-7-15(17)21/h2-12H,1H3. The van der Waals surface area contributed by atoms with Gasteiger partial charge in [0, 0.05) is 11.1 Å². The highest BCUT2D eigenvalue weighted by Gasteiger charge is 2.17. The van der Waals surface area contributed by atoms with Crippen LogP contribution in [0.15, 0.2) is 71.8 Å². The molecule has 0 amide bonds. The molecule has 0 saturated heterocycles. The van der Waals surface area contributed by atoms with Crippen molar-refractivity contribution in [1.29, 1.82) is 0 Å². The molecule has 2 heterocycles. The molecule has 0 unspecified atom stereocenters. The molecule has 0 fully saturated rings. The number of para-hydroxylation sites is 1. The maximum absolute atomic E-state index is 11.9. The van der Waals surface area contributed by atoms with Crippen LogP contribution in [-0.4, -0.2) is 24.5 Å². The Morgan fingerprint density at radius 1 is 0.964 bits per heavy atom. The van der Waals surface area contributed by atoms with E-state index in [1.807, 2.05) is 36.4 Å². The topological polar surface area (TPSA) is 52.0 Å².